The van der Waals surface area contributed by atoms with Gasteiger partial charge in [0.25, 0.3) is 0 Å². The van der Waals surface area contributed by atoms with Crippen LogP contribution in [0.2, 0.25) is 0 Å². The molecule has 0 nitrogen and oxygen atoms in total. The minimum atomic E-state index is -0.128. The van der Waals surface area contributed by atoms with Crippen LogP contribution in [-0.2, 0) is 5.41 Å². The van der Waals surface area contributed by atoms with Crippen LogP contribution in [0.4, 0.5) is 4.39 Å². The molecule has 0 unspecified atom stereocenters. The van der Waals surface area contributed by atoms with E-state index >= 15 is 0 Å². The lowest BCUT2D eigenvalue weighted by molar-refractivity contribution is 0.511. The van der Waals surface area contributed by atoms with Gasteiger partial charge < -0.3 is 0 Å². The first kappa shape index (κ1) is 12.2. The molecule has 15 heavy (non-hydrogen) atoms. The highest BCUT2D eigenvalue weighted by Crippen LogP contribution is 2.33. The lowest BCUT2D eigenvalue weighted by Crippen LogP contribution is -2.17. The predicted octanol–water partition coefficient (Wildman–Crippen LogP) is 4.56. The third-order valence-corrected chi connectivity index (χ3v) is 2.64. The quantitative estimate of drug-likeness (QED) is 0.635. The third kappa shape index (κ3) is 2.58. The summed E-state index contributed by atoms with van der Waals surface area (Å²) in [5.41, 5.74) is 2.88. The Morgan fingerprint density at radius 3 is 2.07 bits per heavy atom. The molecule has 0 saturated heterocycles. The number of rotatable bonds is 1. The van der Waals surface area contributed by atoms with Crippen molar-refractivity contribution < 1.29 is 4.39 Å². The molecule has 84 valence electrons. The molecule has 1 heteroatoms. The molecular formula is C14H21F. The van der Waals surface area contributed by atoms with E-state index in [2.05, 4.69) is 40.7 Å². The molecule has 0 aromatic heterocycles. The van der Waals surface area contributed by atoms with Gasteiger partial charge in [-0.25, -0.2) is 4.39 Å². The number of aryl methyl sites for hydroxylation is 1. The Morgan fingerprint density at radius 2 is 1.67 bits per heavy atom. The summed E-state index contributed by atoms with van der Waals surface area (Å²) < 4.78 is 14.0. The molecule has 0 heterocycles. The number of benzene rings is 1. The molecule has 0 N–H and O–H groups in total. The van der Waals surface area contributed by atoms with Crippen molar-refractivity contribution in [2.45, 2.75) is 52.9 Å². The summed E-state index contributed by atoms with van der Waals surface area (Å²) in [6, 6.07) is 3.74. The minimum Gasteiger partial charge on any atom is -0.207 e. The molecule has 0 spiro atoms. The van der Waals surface area contributed by atoms with Crippen molar-refractivity contribution in [1.82, 2.24) is 0 Å². The van der Waals surface area contributed by atoms with Crippen LogP contribution in [0.3, 0.4) is 0 Å². The van der Waals surface area contributed by atoms with Gasteiger partial charge in [-0.2, -0.15) is 0 Å². The number of halogens is 1. The minimum absolute atomic E-state index is 0.0637. The van der Waals surface area contributed by atoms with Crippen molar-refractivity contribution in [1.29, 1.82) is 0 Å². The van der Waals surface area contributed by atoms with E-state index in [0.717, 1.165) is 16.7 Å². The Hall–Kier alpha value is -0.850. The van der Waals surface area contributed by atoms with Crippen LogP contribution in [-0.4, -0.2) is 0 Å². The average Bonchev–Trinajstić information content (AvgIpc) is 1.99. The normalized spacial score (nSPS) is 12.3. The molecular weight excluding hydrogens is 187 g/mol. The van der Waals surface area contributed by atoms with E-state index in [4.69, 9.17) is 0 Å². The van der Waals surface area contributed by atoms with E-state index in [1.807, 2.05) is 6.92 Å². The Labute approximate surface area is 92.5 Å². The zero-order chi connectivity index (χ0) is 11.8. The fraction of sp³-hybridized carbons (Fsp3) is 0.571. The van der Waals surface area contributed by atoms with Crippen molar-refractivity contribution in [3.8, 4) is 0 Å². The highest BCUT2D eigenvalue weighted by molar-refractivity contribution is 5.39. The summed E-state index contributed by atoms with van der Waals surface area (Å²) in [4.78, 5) is 0. The van der Waals surface area contributed by atoms with Crippen LogP contribution in [0.25, 0.3) is 0 Å². The number of hydrogen-bond donors (Lipinski definition) is 0. The Bertz CT molecular complexity index is 356. The highest BCUT2D eigenvalue weighted by Gasteiger charge is 2.23. The van der Waals surface area contributed by atoms with Gasteiger partial charge >= 0.3 is 0 Å². The fourth-order valence-electron chi connectivity index (χ4n) is 2.02. The summed E-state index contributed by atoms with van der Waals surface area (Å²) >= 11 is 0. The summed E-state index contributed by atoms with van der Waals surface area (Å²) in [6.45, 7) is 12.4. The van der Waals surface area contributed by atoms with Crippen molar-refractivity contribution >= 4 is 0 Å². The molecule has 0 aliphatic rings. The zero-order valence-electron chi connectivity index (χ0n) is 10.6. The van der Waals surface area contributed by atoms with E-state index in [1.54, 1.807) is 6.07 Å². The predicted molar refractivity (Wildman–Crippen MR) is 63.9 cm³/mol. The van der Waals surface area contributed by atoms with Crippen LogP contribution >= 0.6 is 0 Å². The Balaban J connectivity index is 3.48. The third-order valence-electron chi connectivity index (χ3n) is 2.64. The van der Waals surface area contributed by atoms with E-state index in [0.29, 0.717) is 5.92 Å². The van der Waals surface area contributed by atoms with E-state index < -0.39 is 0 Å². The van der Waals surface area contributed by atoms with Gasteiger partial charge in [0, 0.05) is 0 Å². The van der Waals surface area contributed by atoms with Crippen molar-refractivity contribution in [3.63, 3.8) is 0 Å². The van der Waals surface area contributed by atoms with Gasteiger partial charge in [-0.1, -0.05) is 40.7 Å². The average molecular weight is 208 g/mol. The van der Waals surface area contributed by atoms with E-state index in [1.165, 1.54) is 0 Å². The van der Waals surface area contributed by atoms with Gasteiger partial charge in [-0.3, -0.25) is 0 Å². The molecule has 0 bridgehead atoms. The maximum Gasteiger partial charge on any atom is 0.127 e. The molecule has 1 aromatic carbocycles. The van der Waals surface area contributed by atoms with Crippen molar-refractivity contribution in [3.05, 3.63) is 34.6 Å². The van der Waals surface area contributed by atoms with E-state index in [-0.39, 0.29) is 11.2 Å². The summed E-state index contributed by atoms with van der Waals surface area (Å²) in [5, 5.41) is 0. The molecule has 0 amide bonds. The fourth-order valence-corrected chi connectivity index (χ4v) is 2.02. The molecule has 0 saturated carbocycles. The maximum atomic E-state index is 14.0. The molecule has 0 atom stereocenters. The molecule has 1 aromatic rings. The first-order valence-electron chi connectivity index (χ1n) is 5.54. The maximum absolute atomic E-state index is 14.0. The van der Waals surface area contributed by atoms with Gasteiger partial charge in [0.2, 0.25) is 0 Å². The largest absolute Gasteiger partial charge is 0.207 e. The van der Waals surface area contributed by atoms with Crippen LogP contribution < -0.4 is 0 Å². The molecule has 0 fully saturated rings. The summed E-state index contributed by atoms with van der Waals surface area (Å²) in [6.07, 6.45) is 0. The van der Waals surface area contributed by atoms with Gasteiger partial charge in [0.05, 0.1) is 0 Å². The first-order chi connectivity index (χ1) is 6.73. The molecule has 1 rings (SSSR count). The lowest BCUT2D eigenvalue weighted by atomic mass is 9.79. The first-order valence-corrected chi connectivity index (χ1v) is 5.54. The van der Waals surface area contributed by atoms with Crippen molar-refractivity contribution in [2.75, 3.05) is 0 Å². The summed E-state index contributed by atoms with van der Waals surface area (Å²) in [5.74, 6) is 0.305. The van der Waals surface area contributed by atoms with Gasteiger partial charge in [0.1, 0.15) is 5.82 Å². The lowest BCUT2D eigenvalue weighted by Gasteiger charge is -2.26. The van der Waals surface area contributed by atoms with Crippen LogP contribution in [0.5, 0.6) is 0 Å². The van der Waals surface area contributed by atoms with Gasteiger partial charge in [-0.15, -0.1) is 0 Å². The second-order valence-corrected chi connectivity index (χ2v) is 5.62. The zero-order valence-corrected chi connectivity index (χ0v) is 10.6. The summed E-state index contributed by atoms with van der Waals surface area (Å²) in [7, 11) is 0. The Kier molecular flexibility index (Phi) is 3.22. The van der Waals surface area contributed by atoms with Crippen LogP contribution in [0, 0.1) is 12.7 Å². The van der Waals surface area contributed by atoms with Crippen LogP contribution in [0.1, 0.15) is 57.2 Å². The Morgan fingerprint density at radius 1 is 1.13 bits per heavy atom. The standard InChI is InChI=1S/C14H21F/c1-9(2)11-7-10(3)8-12(15)13(11)14(4,5)6/h7-9H,1-6H3. The monoisotopic (exact) mass is 208 g/mol. The SMILES string of the molecule is Cc1cc(F)c(C(C)(C)C)c(C(C)C)c1. The van der Waals surface area contributed by atoms with Gasteiger partial charge in [0.15, 0.2) is 0 Å². The number of hydrogen-bond acceptors (Lipinski definition) is 0. The van der Waals surface area contributed by atoms with Crippen molar-refractivity contribution in [2.24, 2.45) is 0 Å². The second kappa shape index (κ2) is 3.96. The smallest absolute Gasteiger partial charge is 0.127 e. The highest BCUT2D eigenvalue weighted by atomic mass is 19.1. The van der Waals surface area contributed by atoms with E-state index in [9.17, 15) is 4.39 Å². The van der Waals surface area contributed by atoms with Gasteiger partial charge in [-0.05, 0) is 41.0 Å². The molecule has 0 aliphatic carbocycles. The molecule has 0 radical (unpaired) electrons. The molecule has 0 aliphatic heterocycles. The van der Waals surface area contributed by atoms with Crippen LogP contribution in [0.15, 0.2) is 12.1 Å². The topological polar surface area (TPSA) is 0 Å². The second-order valence-electron chi connectivity index (χ2n) is 5.62.